The topological polar surface area (TPSA) is 110 Å². The van der Waals surface area contributed by atoms with Crippen molar-refractivity contribution in [2.75, 3.05) is 20.3 Å². The van der Waals surface area contributed by atoms with Gasteiger partial charge in [0.2, 0.25) is 0 Å². The zero-order valence-electron chi connectivity index (χ0n) is 16.9. The molecule has 0 bridgehead atoms. The van der Waals surface area contributed by atoms with Crippen LogP contribution in [0.4, 0.5) is 5.69 Å². The number of nitro groups is 1. The van der Waals surface area contributed by atoms with E-state index in [0.29, 0.717) is 11.1 Å². The van der Waals surface area contributed by atoms with Crippen LogP contribution in [0.25, 0.3) is 5.76 Å². The number of amides is 1. The van der Waals surface area contributed by atoms with Gasteiger partial charge in [-0.2, -0.15) is 0 Å². The molecule has 1 fully saturated rings. The Hall–Kier alpha value is -3.52. The number of hydrogen-bond donors (Lipinski definition) is 1. The van der Waals surface area contributed by atoms with Gasteiger partial charge in [0, 0.05) is 31.4 Å². The molecule has 156 valence electrons. The monoisotopic (exact) mass is 410 g/mol. The fourth-order valence-corrected chi connectivity index (χ4v) is 3.56. The Labute approximate surface area is 173 Å². The van der Waals surface area contributed by atoms with Crippen molar-refractivity contribution in [2.45, 2.75) is 19.9 Å². The van der Waals surface area contributed by atoms with Crippen LogP contribution < -0.4 is 0 Å². The van der Waals surface area contributed by atoms with Crippen molar-refractivity contribution >= 4 is 23.1 Å². The van der Waals surface area contributed by atoms with E-state index in [1.165, 1.54) is 36.3 Å². The Morgan fingerprint density at radius 3 is 2.43 bits per heavy atom. The molecule has 1 aliphatic heterocycles. The molecule has 30 heavy (non-hydrogen) atoms. The molecule has 1 heterocycles. The molecule has 8 heteroatoms. The zero-order valence-corrected chi connectivity index (χ0v) is 16.9. The van der Waals surface area contributed by atoms with Gasteiger partial charge >= 0.3 is 0 Å². The summed E-state index contributed by atoms with van der Waals surface area (Å²) in [4.78, 5) is 37.4. The Balaban J connectivity index is 2.19. The van der Waals surface area contributed by atoms with Gasteiger partial charge in [-0.1, -0.05) is 17.7 Å². The molecule has 1 amide bonds. The maximum absolute atomic E-state index is 12.9. The molecule has 1 N–H and O–H groups in total. The first-order valence-electron chi connectivity index (χ1n) is 9.35. The predicted molar refractivity (Wildman–Crippen MR) is 110 cm³/mol. The molecular weight excluding hydrogens is 388 g/mol. The summed E-state index contributed by atoms with van der Waals surface area (Å²) >= 11 is 0. The number of nitrogens with zero attached hydrogens (tertiary/aromatic N) is 2. The van der Waals surface area contributed by atoms with E-state index in [4.69, 9.17) is 4.74 Å². The summed E-state index contributed by atoms with van der Waals surface area (Å²) in [5.41, 5.74) is 2.45. The summed E-state index contributed by atoms with van der Waals surface area (Å²) < 4.78 is 5.06. The van der Waals surface area contributed by atoms with Gasteiger partial charge in [0.25, 0.3) is 17.4 Å². The number of Topliss-reactive ketones (excluding diaryl/α,β-unsaturated/α-hetero) is 1. The van der Waals surface area contributed by atoms with Gasteiger partial charge in [0.05, 0.1) is 23.1 Å². The third kappa shape index (κ3) is 3.81. The van der Waals surface area contributed by atoms with Gasteiger partial charge in [-0.15, -0.1) is 0 Å². The molecule has 0 radical (unpaired) electrons. The van der Waals surface area contributed by atoms with E-state index in [-0.39, 0.29) is 30.2 Å². The second-order valence-corrected chi connectivity index (χ2v) is 7.15. The number of ketones is 1. The van der Waals surface area contributed by atoms with Gasteiger partial charge in [-0.25, -0.2) is 0 Å². The Morgan fingerprint density at radius 1 is 1.17 bits per heavy atom. The lowest BCUT2D eigenvalue weighted by Gasteiger charge is -2.25. The quantitative estimate of drug-likeness (QED) is 0.257. The van der Waals surface area contributed by atoms with Crippen LogP contribution in [0.15, 0.2) is 48.0 Å². The SMILES string of the molecule is COCCN1C(=O)C(=O)/C(=C(\O)c2cc(C)ccc2C)C1c1ccc([N+](=O)[O-])cc1. The van der Waals surface area contributed by atoms with Crippen LogP contribution in [0.1, 0.15) is 28.3 Å². The summed E-state index contributed by atoms with van der Waals surface area (Å²) in [7, 11) is 1.48. The summed E-state index contributed by atoms with van der Waals surface area (Å²) in [5.74, 6) is -1.81. The van der Waals surface area contributed by atoms with Gasteiger partial charge in [0.1, 0.15) is 5.76 Å². The molecule has 0 aromatic heterocycles. The maximum Gasteiger partial charge on any atom is 0.295 e. The number of carbonyl (C=O) groups is 2. The van der Waals surface area contributed by atoms with Crippen LogP contribution in [0, 0.1) is 24.0 Å². The number of hydrogen-bond acceptors (Lipinski definition) is 6. The number of nitro benzene ring substituents is 1. The average molecular weight is 410 g/mol. The molecule has 2 aromatic carbocycles. The third-order valence-electron chi connectivity index (χ3n) is 5.14. The highest BCUT2D eigenvalue weighted by atomic mass is 16.6. The summed E-state index contributed by atoms with van der Waals surface area (Å²) in [6.07, 6.45) is 0. The molecule has 1 unspecified atom stereocenters. The minimum absolute atomic E-state index is 0.0429. The first-order valence-corrected chi connectivity index (χ1v) is 9.35. The highest BCUT2D eigenvalue weighted by Gasteiger charge is 2.46. The van der Waals surface area contributed by atoms with Crippen LogP contribution in [0.2, 0.25) is 0 Å². The van der Waals surface area contributed by atoms with Gasteiger partial charge in [-0.05, 0) is 43.2 Å². The second-order valence-electron chi connectivity index (χ2n) is 7.15. The van der Waals surface area contributed by atoms with Crippen molar-refractivity contribution in [1.29, 1.82) is 0 Å². The molecule has 3 rings (SSSR count). The number of aryl methyl sites for hydroxylation is 2. The fourth-order valence-electron chi connectivity index (χ4n) is 3.56. The first kappa shape index (κ1) is 21.2. The van der Waals surface area contributed by atoms with Crippen molar-refractivity contribution in [3.63, 3.8) is 0 Å². The van der Waals surface area contributed by atoms with Crippen LogP contribution in [0.5, 0.6) is 0 Å². The van der Waals surface area contributed by atoms with Crippen LogP contribution >= 0.6 is 0 Å². The van der Waals surface area contributed by atoms with E-state index < -0.39 is 22.7 Å². The molecular formula is C22H22N2O6. The van der Waals surface area contributed by atoms with Crippen molar-refractivity contribution in [2.24, 2.45) is 0 Å². The predicted octanol–water partition coefficient (Wildman–Crippen LogP) is 3.28. The third-order valence-corrected chi connectivity index (χ3v) is 5.14. The number of non-ortho nitro benzene ring substituents is 1. The molecule has 1 atom stereocenters. The second kappa shape index (κ2) is 8.46. The number of methoxy groups -OCH3 is 1. The van der Waals surface area contributed by atoms with E-state index >= 15 is 0 Å². The molecule has 0 spiro atoms. The molecule has 1 saturated heterocycles. The number of ether oxygens (including phenoxy) is 1. The molecule has 2 aromatic rings. The van der Waals surface area contributed by atoms with Crippen molar-refractivity contribution in [1.82, 2.24) is 4.90 Å². The van der Waals surface area contributed by atoms with Crippen LogP contribution in [-0.4, -0.2) is 46.9 Å². The molecule has 0 aliphatic carbocycles. The standard InChI is InChI=1S/C22H22N2O6/c1-13-4-5-14(2)17(12-13)20(25)18-19(15-6-8-16(9-7-15)24(28)29)23(10-11-30-3)22(27)21(18)26/h4-9,12,19,25H,10-11H2,1-3H3/b20-18-. The minimum atomic E-state index is -0.874. The summed E-state index contributed by atoms with van der Waals surface area (Å²) in [5, 5.41) is 22.1. The van der Waals surface area contributed by atoms with E-state index in [1.54, 1.807) is 13.0 Å². The van der Waals surface area contributed by atoms with E-state index in [1.807, 2.05) is 19.1 Å². The summed E-state index contributed by atoms with van der Waals surface area (Å²) in [6.45, 7) is 3.99. The molecule has 8 nitrogen and oxygen atoms in total. The van der Waals surface area contributed by atoms with Crippen LogP contribution in [0.3, 0.4) is 0 Å². The number of rotatable bonds is 6. The van der Waals surface area contributed by atoms with Crippen molar-refractivity contribution in [3.8, 4) is 0 Å². The normalized spacial score (nSPS) is 18.1. The zero-order chi connectivity index (χ0) is 22.0. The lowest BCUT2D eigenvalue weighted by molar-refractivity contribution is -0.384. The first-order chi connectivity index (χ1) is 14.3. The van der Waals surface area contributed by atoms with E-state index in [0.717, 1.165) is 11.1 Å². The largest absolute Gasteiger partial charge is 0.507 e. The minimum Gasteiger partial charge on any atom is -0.507 e. The smallest absolute Gasteiger partial charge is 0.295 e. The van der Waals surface area contributed by atoms with Gasteiger partial charge in [0.15, 0.2) is 0 Å². The van der Waals surface area contributed by atoms with E-state index in [2.05, 4.69) is 0 Å². The lowest BCUT2D eigenvalue weighted by Crippen LogP contribution is -2.32. The van der Waals surface area contributed by atoms with Crippen molar-refractivity contribution in [3.05, 3.63) is 80.4 Å². The molecule has 0 saturated carbocycles. The highest BCUT2D eigenvalue weighted by molar-refractivity contribution is 6.46. The average Bonchev–Trinajstić information content (AvgIpc) is 2.98. The van der Waals surface area contributed by atoms with E-state index in [9.17, 15) is 24.8 Å². The Bertz CT molecular complexity index is 1040. The fraction of sp³-hybridized carbons (Fsp3) is 0.273. The number of aliphatic hydroxyl groups is 1. The number of likely N-dealkylation sites (tertiary alicyclic amines) is 1. The Kier molecular flexibility index (Phi) is 5.98. The number of aliphatic hydroxyl groups excluding tert-OH is 1. The number of benzene rings is 2. The van der Waals surface area contributed by atoms with Crippen LogP contribution in [-0.2, 0) is 14.3 Å². The van der Waals surface area contributed by atoms with Crippen molar-refractivity contribution < 1.29 is 24.4 Å². The maximum atomic E-state index is 12.9. The number of carbonyl (C=O) groups excluding carboxylic acids is 2. The lowest BCUT2D eigenvalue weighted by atomic mass is 9.93. The highest BCUT2D eigenvalue weighted by Crippen LogP contribution is 2.40. The Morgan fingerprint density at radius 2 is 1.83 bits per heavy atom. The molecule has 1 aliphatic rings. The van der Waals surface area contributed by atoms with Gasteiger partial charge < -0.3 is 14.7 Å². The summed E-state index contributed by atoms with van der Waals surface area (Å²) in [6, 6.07) is 10.2. The van der Waals surface area contributed by atoms with Gasteiger partial charge in [-0.3, -0.25) is 19.7 Å².